The molecule has 1 aliphatic heterocycles. The number of methoxy groups -OCH3 is 2. The van der Waals surface area contributed by atoms with Crippen molar-refractivity contribution in [1.82, 2.24) is 4.90 Å². The summed E-state index contributed by atoms with van der Waals surface area (Å²) < 4.78 is 9.65. The number of carbonyl (C=O) groups is 2. The van der Waals surface area contributed by atoms with E-state index in [2.05, 4.69) is 0 Å². The lowest BCUT2D eigenvalue weighted by Gasteiger charge is -2.22. The third kappa shape index (κ3) is 2.85. The van der Waals surface area contributed by atoms with Crippen molar-refractivity contribution in [2.75, 3.05) is 20.8 Å². The molecule has 1 atom stereocenters. The van der Waals surface area contributed by atoms with Crippen LogP contribution in [0.2, 0.25) is 0 Å². The van der Waals surface area contributed by atoms with E-state index in [9.17, 15) is 19.7 Å². The van der Waals surface area contributed by atoms with E-state index in [4.69, 9.17) is 9.47 Å². The molecule has 0 aromatic heterocycles. The Morgan fingerprint density at radius 3 is 2.68 bits per heavy atom. The zero-order valence-electron chi connectivity index (χ0n) is 12.3. The minimum atomic E-state index is -0.612. The summed E-state index contributed by atoms with van der Waals surface area (Å²) in [5.74, 6) is -0.828. The smallest absolute Gasteiger partial charge is 0.328 e. The Hall–Kier alpha value is -2.64. The van der Waals surface area contributed by atoms with Crippen LogP contribution in [0.15, 0.2) is 18.2 Å². The molecular formula is C14H16N2O6. The summed E-state index contributed by atoms with van der Waals surface area (Å²) in [5, 5.41) is 10.9. The Balaban J connectivity index is 2.29. The molecule has 1 aromatic carbocycles. The second-order valence-electron chi connectivity index (χ2n) is 4.82. The highest BCUT2D eigenvalue weighted by atomic mass is 16.6. The molecule has 0 spiro atoms. The molecule has 1 aromatic rings. The first kappa shape index (κ1) is 15.7. The van der Waals surface area contributed by atoms with Gasteiger partial charge in [0, 0.05) is 24.2 Å². The van der Waals surface area contributed by atoms with E-state index in [0.717, 1.165) is 0 Å². The van der Waals surface area contributed by atoms with Crippen LogP contribution >= 0.6 is 0 Å². The van der Waals surface area contributed by atoms with Gasteiger partial charge in [0.05, 0.1) is 19.1 Å². The first-order chi connectivity index (χ1) is 10.5. The standard InChI is InChI=1S/C14H16N2O6/c1-21-12-8-9(5-6-10(12)16(19)20)13(17)15-7-3-4-11(15)14(18)22-2/h5-6,8,11H,3-4,7H2,1-2H3. The Morgan fingerprint density at radius 2 is 2.09 bits per heavy atom. The van der Waals surface area contributed by atoms with E-state index < -0.39 is 16.9 Å². The van der Waals surface area contributed by atoms with Crippen molar-refractivity contribution in [2.45, 2.75) is 18.9 Å². The lowest BCUT2D eigenvalue weighted by Crippen LogP contribution is -2.41. The van der Waals surface area contributed by atoms with Crippen molar-refractivity contribution < 1.29 is 24.0 Å². The number of benzene rings is 1. The number of nitrogens with zero attached hydrogens (tertiary/aromatic N) is 2. The number of hydrogen-bond donors (Lipinski definition) is 0. The molecule has 1 heterocycles. The third-order valence-electron chi connectivity index (χ3n) is 3.61. The van der Waals surface area contributed by atoms with Crippen LogP contribution in [0.25, 0.3) is 0 Å². The maximum absolute atomic E-state index is 12.5. The van der Waals surface area contributed by atoms with Crippen molar-refractivity contribution in [3.8, 4) is 5.75 Å². The maximum atomic E-state index is 12.5. The number of carbonyl (C=O) groups excluding carboxylic acids is 2. The van der Waals surface area contributed by atoms with Crippen molar-refractivity contribution in [3.05, 3.63) is 33.9 Å². The van der Waals surface area contributed by atoms with E-state index in [1.165, 1.54) is 37.3 Å². The predicted octanol–water partition coefficient (Wildman–Crippen LogP) is 1.38. The topological polar surface area (TPSA) is 99.0 Å². The summed E-state index contributed by atoms with van der Waals surface area (Å²) in [4.78, 5) is 35.9. The van der Waals surface area contributed by atoms with E-state index in [-0.39, 0.29) is 22.9 Å². The summed E-state index contributed by atoms with van der Waals surface area (Å²) in [5.41, 5.74) is 0.0169. The molecule has 8 heteroatoms. The molecule has 0 saturated carbocycles. The van der Waals surface area contributed by atoms with Gasteiger partial charge in [0.15, 0.2) is 5.75 Å². The quantitative estimate of drug-likeness (QED) is 0.473. The highest BCUT2D eigenvalue weighted by Gasteiger charge is 2.35. The SMILES string of the molecule is COC(=O)C1CCCN1C(=O)c1ccc([N+](=O)[O-])c(OC)c1. The van der Waals surface area contributed by atoms with Crippen molar-refractivity contribution in [1.29, 1.82) is 0 Å². The minimum absolute atomic E-state index is 0.00432. The Labute approximate surface area is 126 Å². The molecule has 0 aliphatic carbocycles. The molecule has 1 fully saturated rings. The van der Waals surface area contributed by atoms with Crippen LogP contribution in [0.3, 0.4) is 0 Å². The average Bonchev–Trinajstić information content (AvgIpc) is 3.02. The lowest BCUT2D eigenvalue weighted by molar-refractivity contribution is -0.385. The first-order valence-electron chi connectivity index (χ1n) is 6.70. The van der Waals surface area contributed by atoms with Crippen LogP contribution in [0.1, 0.15) is 23.2 Å². The fourth-order valence-corrected chi connectivity index (χ4v) is 2.52. The summed E-state index contributed by atoms with van der Waals surface area (Å²) in [6.07, 6.45) is 1.25. The minimum Gasteiger partial charge on any atom is -0.490 e. The monoisotopic (exact) mass is 308 g/mol. The Morgan fingerprint density at radius 1 is 1.36 bits per heavy atom. The molecule has 1 saturated heterocycles. The molecular weight excluding hydrogens is 292 g/mol. The number of rotatable bonds is 4. The highest BCUT2D eigenvalue weighted by molar-refractivity contribution is 5.97. The van der Waals surface area contributed by atoms with Gasteiger partial charge in [-0.3, -0.25) is 14.9 Å². The molecule has 0 N–H and O–H groups in total. The van der Waals surface area contributed by atoms with Gasteiger partial charge in [0.2, 0.25) is 0 Å². The van der Waals surface area contributed by atoms with Gasteiger partial charge in [-0.05, 0) is 18.9 Å². The number of ether oxygens (including phenoxy) is 2. The van der Waals surface area contributed by atoms with Crippen LogP contribution in [0.5, 0.6) is 5.75 Å². The van der Waals surface area contributed by atoms with Crippen molar-refractivity contribution in [3.63, 3.8) is 0 Å². The van der Waals surface area contributed by atoms with Crippen molar-refractivity contribution >= 4 is 17.6 Å². The molecule has 0 radical (unpaired) electrons. The van der Waals surface area contributed by atoms with Gasteiger partial charge >= 0.3 is 11.7 Å². The molecule has 1 aliphatic rings. The molecule has 8 nitrogen and oxygen atoms in total. The zero-order valence-corrected chi connectivity index (χ0v) is 12.3. The molecule has 2 rings (SSSR count). The van der Waals surface area contributed by atoms with Gasteiger partial charge in [-0.2, -0.15) is 0 Å². The van der Waals surface area contributed by atoms with Gasteiger partial charge in [0.1, 0.15) is 6.04 Å². The van der Waals surface area contributed by atoms with E-state index in [1.54, 1.807) is 0 Å². The van der Waals surface area contributed by atoms with E-state index >= 15 is 0 Å². The van der Waals surface area contributed by atoms with Gasteiger partial charge in [-0.25, -0.2) is 4.79 Å². The van der Waals surface area contributed by atoms with Crippen LogP contribution in [-0.4, -0.2) is 48.5 Å². The molecule has 118 valence electrons. The summed E-state index contributed by atoms with van der Waals surface area (Å²) in [6, 6.07) is 3.27. The second kappa shape index (κ2) is 6.42. The van der Waals surface area contributed by atoms with Crippen LogP contribution in [-0.2, 0) is 9.53 Å². The maximum Gasteiger partial charge on any atom is 0.328 e. The lowest BCUT2D eigenvalue weighted by atomic mass is 10.1. The predicted molar refractivity (Wildman–Crippen MR) is 75.7 cm³/mol. The summed E-state index contributed by atoms with van der Waals surface area (Å²) in [6.45, 7) is 0.442. The normalized spacial score (nSPS) is 17.2. The number of hydrogen-bond acceptors (Lipinski definition) is 6. The molecule has 1 amide bonds. The fraction of sp³-hybridized carbons (Fsp3) is 0.429. The molecule has 0 bridgehead atoms. The summed E-state index contributed by atoms with van der Waals surface area (Å²) in [7, 11) is 2.57. The average molecular weight is 308 g/mol. The second-order valence-corrected chi connectivity index (χ2v) is 4.82. The largest absolute Gasteiger partial charge is 0.490 e. The van der Waals surface area contributed by atoms with Gasteiger partial charge in [-0.1, -0.05) is 0 Å². The highest BCUT2D eigenvalue weighted by Crippen LogP contribution is 2.29. The number of esters is 1. The Bertz CT molecular complexity index is 615. The van der Waals surface area contributed by atoms with Crippen LogP contribution < -0.4 is 4.74 Å². The van der Waals surface area contributed by atoms with E-state index in [1.807, 2.05) is 0 Å². The number of nitro benzene ring substituents is 1. The van der Waals surface area contributed by atoms with E-state index in [0.29, 0.717) is 19.4 Å². The van der Waals surface area contributed by atoms with Crippen LogP contribution in [0.4, 0.5) is 5.69 Å². The fourth-order valence-electron chi connectivity index (χ4n) is 2.52. The zero-order chi connectivity index (χ0) is 16.3. The third-order valence-corrected chi connectivity index (χ3v) is 3.61. The first-order valence-corrected chi connectivity index (χ1v) is 6.70. The Kier molecular flexibility index (Phi) is 4.59. The van der Waals surface area contributed by atoms with Gasteiger partial charge in [-0.15, -0.1) is 0 Å². The molecule has 22 heavy (non-hydrogen) atoms. The van der Waals surface area contributed by atoms with Gasteiger partial charge in [0.25, 0.3) is 5.91 Å². The number of nitro groups is 1. The number of amides is 1. The van der Waals surface area contributed by atoms with Gasteiger partial charge < -0.3 is 14.4 Å². The molecule has 1 unspecified atom stereocenters. The van der Waals surface area contributed by atoms with Crippen molar-refractivity contribution in [2.24, 2.45) is 0 Å². The van der Waals surface area contributed by atoms with Crippen LogP contribution in [0, 0.1) is 10.1 Å². The summed E-state index contributed by atoms with van der Waals surface area (Å²) >= 11 is 0. The number of likely N-dealkylation sites (tertiary alicyclic amines) is 1.